The van der Waals surface area contributed by atoms with Crippen molar-refractivity contribution in [3.8, 4) is 5.75 Å². The van der Waals surface area contributed by atoms with E-state index in [9.17, 15) is 0 Å². The summed E-state index contributed by atoms with van der Waals surface area (Å²) in [5.74, 6) is 1.08. The minimum Gasteiger partial charge on any atom is -0.487 e. The summed E-state index contributed by atoms with van der Waals surface area (Å²) in [6.07, 6.45) is 3.19. The average molecular weight is 277 g/mol. The Morgan fingerprint density at radius 3 is 2.60 bits per heavy atom. The van der Waals surface area contributed by atoms with Crippen LogP contribution in [0.25, 0.3) is 0 Å². The van der Waals surface area contributed by atoms with Gasteiger partial charge in [0, 0.05) is 38.9 Å². The van der Waals surface area contributed by atoms with Crippen molar-refractivity contribution in [1.29, 1.82) is 0 Å². The summed E-state index contributed by atoms with van der Waals surface area (Å²) in [5, 5.41) is 8.97. The third-order valence-corrected chi connectivity index (χ3v) is 4.24. The minimum atomic E-state index is 0.0298. The van der Waals surface area contributed by atoms with Crippen LogP contribution in [-0.4, -0.2) is 41.8 Å². The Hall–Kier alpha value is -1.06. The first-order chi connectivity index (χ1) is 9.71. The molecule has 112 valence electrons. The molecular formula is C17H27NO2. The molecule has 1 N–H and O–H groups in total. The second-order valence-corrected chi connectivity index (χ2v) is 5.64. The number of likely N-dealkylation sites (tertiary alicyclic amines) is 1. The van der Waals surface area contributed by atoms with E-state index < -0.39 is 0 Å². The van der Waals surface area contributed by atoms with Crippen molar-refractivity contribution < 1.29 is 9.84 Å². The zero-order chi connectivity index (χ0) is 14.6. The van der Waals surface area contributed by atoms with E-state index in [4.69, 9.17) is 9.84 Å². The molecule has 0 bridgehead atoms. The van der Waals surface area contributed by atoms with E-state index in [1.54, 1.807) is 0 Å². The van der Waals surface area contributed by atoms with Gasteiger partial charge in [-0.25, -0.2) is 0 Å². The predicted octanol–water partition coefficient (Wildman–Crippen LogP) is 2.78. The smallest absolute Gasteiger partial charge is 0.123 e. The molecule has 20 heavy (non-hydrogen) atoms. The fraction of sp³-hybridized carbons (Fsp3) is 0.647. The molecule has 3 nitrogen and oxygen atoms in total. The van der Waals surface area contributed by atoms with Crippen LogP contribution in [0.1, 0.15) is 37.8 Å². The molecular weight excluding hydrogens is 250 g/mol. The third-order valence-electron chi connectivity index (χ3n) is 4.24. The molecule has 3 heteroatoms. The normalized spacial score (nSPS) is 20.0. The van der Waals surface area contributed by atoms with Crippen LogP contribution in [0.15, 0.2) is 18.2 Å². The minimum absolute atomic E-state index is 0.0298. The monoisotopic (exact) mass is 277 g/mol. The first kappa shape index (κ1) is 15.3. The second-order valence-electron chi connectivity index (χ2n) is 5.64. The van der Waals surface area contributed by atoms with Crippen molar-refractivity contribution in [3.05, 3.63) is 29.3 Å². The number of rotatable bonds is 2. The molecule has 0 aromatic heterocycles. The molecule has 1 spiro atoms. The molecule has 1 aromatic carbocycles. The third kappa shape index (κ3) is 3.15. The lowest BCUT2D eigenvalue weighted by atomic mass is 9.87. The van der Waals surface area contributed by atoms with Crippen LogP contribution in [-0.2, 0) is 6.42 Å². The highest BCUT2D eigenvalue weighted by molar-refractivity contribution is 5.42. The van der Waals surface area contributed by atoms with Crippen molar-refractivity contribution >= 4 is 0 Å². The topological polar surface area (TPSA) is 32.7 Å². The number of hydrogen-bond donors (Lipinski definition) is 1. The lowest BCUT2D eigenvalue weighted by Gasteiger charge is -2.38. The van der Waals surface area contributed by atoms with Crippen LogP contribution in [0.3, 0.4) is 0 Å². The van der Waals surface area contributed by atoms with Crippen molar-refractivity contribution in [2.24, 2.45) is 0 Å². The second kappa shape index (κ2) is 6.59. The van der Waals surface area contributed by atoms with E-state index in [2.05, 4.69) is 30.0 Å². The van der Waals surface area contributed by atoms with Gasteiger partial charge >= 0.3 is 0 Å². The zero-order valence-corrected chi connectivity index (χ0v) is 13.0. The lowest BCUT2D eigenvalue weighted by molar-refractivity contribution is 0.0151. The summed E-state index contributed by atoms with van der Waals surface area (Å²) in [6.45, 7) is 9.26. The first-order valence-electron chi connectivity index (χ1n) is 7.83. The van der Waals surface area contributed by atoms with Crippen LogP contribution < -0.4 is 4.74 Å². The van der Waals surface area contributed by atoms with E-state index in [0.29, 0.717) is 0 Å². The quantitative estimate of drug-likeness (QED) is 0.902. The van der Waals surface area contributed by atoms with Crippen LogP contribution in [0.5, 0.6) is 5.75 Å². The van der Waals surface area contributed by atoms with Gasteiger partial charge in [0.25, 0.3) is 0 Å². The molecule has 3 rings (SSSR count). The summed E-state index contributed by atoms with van der Waals surface area (Å²) in [7, 11) is 0. The van der Waals surface area contributed by atoms with Crippen molar-refractivity contribution in [3.63, 3.8) is 0 Å². The summed E-state index contributed by atoms with van der Waals surface area (Å²) < 4.78 is 6.23. The number of benzene rings is 1. The Balaban J connectivity index is 0.000000704. The maximum Gasteiger partial charge on any atom is 0.123 e. The highest BCUT2D eigenvalue weighted by Gasteiger charge is 2.41. The zero-order valence-electron chi connectivity index (χ0n) is 13.0. The molecule has 2 heterocycles. The van der Waals surface area contributed by atoms with Gasteiger partial charge in [0.2, 0.25) is 0 Å². The molecule has 0 atom stereocenters. The van der Waals surface area contributed by atoms with Gasteiger partial charge in [-0.3, -0.25) is 0 Å². The number of aliphatic hydroxyl groups excluding tert-OH is 1. The number of ether oxygens (including phenoxy) is 1. The van der Waals surface area contributed by atoms with Gasteiger partial charge in [-0.05, 0) is 18.6 Å². The van der Waals surface area contributed by atoms with Gasteiger partial charge in [-0.1, -0.05) is 31.5 Å². The molecule has 0 unspecified atom stereocenters. The number of fused-ring (bicyclic) bond motifs is 1. The molecule has 0 saturated carbocycles. The fourth-order valence-electron chi connectivity index (χ4n) is 3.17. The van der Waals surface area contributed by atoms with E-state index in [1.165, 1.54) is 11.1 Å². The number of hydrogen-bond acceptors (Lipinski definition) is 3. The summed E-state index contributed by atoms with van der Waals surface area (Å²) >= 11 is 0. The first-order valence-corrected chi connectivity index (χ1v) is 7.83. The van der Waals surface area contributed by atoms with E-state index in [0.717, 1.165) is 44.6 Å². The maximum atomic E-state index is 8.97. The van der Waals surface area contributed by atoms with Gasteiger partial charge in [0.15, 0.2) is 0 Å². The van der Waals surface area contributed by atoms with Crippen LogP contribution >= 0.6 is 0 Å². The van der Waals surface area contributed by atoms with Crippen LogP contribution in [0, 0.1) is 6.92 Å². The van der Waals surface area contributed by atoms with E-state index >= 15 is 0 Å². The van der Waals surface area contributed by atoms with Gasteiger partial charge in [-0.15, -0.1) is 0 Å². The maximum absolute atomic E-state index is 8.97. The van der Waals surface area contributed by atoms with Crippen molar-refractivity contribution in [2.45, 2.75) is 45.6 Å². The van der Waals surface area contributed by atoms with Crippen LogP contribution in [0.2, 0.25) is 0 Å². The molecule has 1 aromatic rings. The molecule has 2 aliphatic rings. The standard InChI is InChI=1S/C15H21NO2.C2H6/c1-12-2-3-14-13(10-12)11-15(18-14)4-6-16(7-5-15)8-9-17;1-2/h2-3,10,17H,4-9,11H2,1H3;1-2H3. The average Bonchev–Trinajstić information content (AvgIpc) is 2.81. The van der Waals surface area contributed by atoms with Gasteiger partial charge in [-0.2, -0.15) is 0 Å². The Bertz CT molecular complexity index is 437. The lowest BCUT2D eigenvalue weighted by Crippen LogP contribution is -2.47. The summed E-state index contributed by atoms with van der Waals surface area (Å²) in [6, 6.07) is 6.49. The number of aryl methyl sites for hydroxylation is 1. The Morgan fingerprint density at radius 2 is 1.95 bits per heavy atom. The van der Waals surface area contributed by atoms with E-state index in [-0.39, 0.29) is 12.2 Å². The Labute approximate surface area is 122 Å². The van der Waals surface area contributed by atoms with Crippen molar-refractivity contribution in [2.75, 3.05) is 26.2 Å². The molecule has 0 amide bonds. The molecule has 0 radical (unpaired) electrons. The van der Waals surface area contributed by atoms with Gasteiger partial charge in [0.1, 0.15) is 11.4 Å². The summed E-state index contributed by atoms with van der Waals surface area (Å²) in [5.41, 5.74) is 2.71. The molecule has 1 fully saturated rings. The Morgan fingerprint density at radius 1 is 1.25 bits per heavy atom. The highest BCUT2D eigenvalue weighted by atomic mass is 16.5. The number of piperidine rings is 1. The fourth-order valence-corrected chi connectivity index (χ4v) is 3.17. The highest BCUT2D eigenvalue weighted by Crippen LogP contribution is 2.41. The largest absolute Gasteiger partial charge is 0.487 e. The number of aliphatic hydroxyl groups is 1. The van der Waals surface area contributed by atoms with E-state index in [1.807, 2.05) is 13.8 Å². The predicted molar refractivity (Wildman–Crippen MR) is 82.3 cm³/mol. The summed E-state index contributed by atoms with van der Waals surface area (Å²) in [4.78, 5) is 2.32. The van der Waals surface area contributed by atoms with Gasteiger partial charge in [0.05, 0.1) is 6.61 Å². The number of nitrogens with zero attached hydrogens (tertiary/aromatic N) is 1. The molecule has 2 aliphatic heterocycles. The SMILES string of the molecule is CC.Cc1ccc2c(c1)CC1(CCN(CCO)CC1)O2. The molecule has 0 aliphatic carbocycles. The molecule has 1 saturated heterocycles. The van der Waals surface area contributed by atoms with Gasteiger partial charge < -0.3 is 14.7 Å². The van der Waals surface area contributed by atoms with Crippen molar-refractivity contribution in [1.82, 2.24) is 4.90 Å². The number of β-amino-alcohol motifs (C(OH)–C–C–N with tert-alkyl or cyclic N) is 1. The van der Waals surface area contributed by atoms with Crippen LogP contribution in [0.4, 0.5) is 0 Å². The Kier molecular flexibility index (Phi) is 5.06.